The molecule has 0 aliphatic carbocycles. The predicted molar refractivity (Wildman–Crippen MR) is 76.2 cm³/mol. The van der Waals surface area contributed by atoms with E-state index in [4.69, 9.17) is 5.73 Å². The molecule has 1 amide bonds. The van der Waals surface area contributed by atoms with Gasteiger partial charge in [0.1, 0.15) is 5.82 Å². The minimum absolute atomic E-state index is 0.00526. The van der Waals surface area contributed by atoms with Crippen molar-refractivity contribution >= 4 is 37.7 Å². The number of hydrogen-bond donors (Lipinski definition) is 2. The molecule has 0 radical (unpaired) electrons. The second kappa shape index (κ2) is 6.31. The molecular formula is C10H15BrN4O3S. The zero-order chi connectivity index (χ0) is 14.6. The van der Waals surface area contributed by atoms with E-state index in [9.17, 15) is 13.2 Å². The Morgan fingerprint density at radius 1 is 1.53 bits per heavy atom. The first-order valence-corrected chi connectivity index (χ1v) is 7.73. The molecule has 0 atom stereocenters. The maximum Gasteiger partial charge on any atom is 0.255 e. The Bertz CT molecular complexity index is 574. The van der Waals surface area contributed by atoms with E-state index in [1.54, 1.807) is 0 Å². The third-order valence-electron chi connectivity index (χ3n) is 2.33. The predicted octanol–water partition coefficient (Wildman–Crippen LogP) is 0.0475. The highest BCUT2D eigenvalue weighted by atomic mass is 79.9. The Balaban J connectivity index is 2.64. The molecule has 0 bridgehead atoms. The lowest BCUT2D eigenvalue weighted by atomic mass is 10.2. The molecule has 1 rings (SSSR count). The molecule has 0 aliphatic heterocycles. The third kappa shape index (κ3) is 4.44. The van der Waals surface area contributed by atoms with Gasteiger partial charge in [0.15, 0.2) is 0 Å². The number of nitrogens with zero attached hydrogens (tertiary/aromatic N) is 2. The molecule has 1 aromatic heterocycles. The number of sulfonamides is 1. The van der Waals surface area contributed by atoms with Crippen LogP contribution in [0, 0.1) is 0 Å². The summed E-state index contributed by atoms with van der Waals surface area (Å²) in [5.41, 5.74) is 5.78. The first-order valence-electron chi connectivity index (χ1n) is 5.33. The molecule has 1 heterocycles. The number of pyridine rings is 1. The Kier molecular flexibility index (Phi) is 5.27. The van der Waals surface area contributed by atoms with E-state index in [-0.39, 0.29) is 23.7 Å². The van der Waals surface area contributed by atoms with Crippen molar-refractivity contribution in [3.8, 4) is 0 Å². The summed E-state index contributed by atoms with van der Waals surface area (Å²) < 4.78 is 24.7. The van der Waals surface area contributed by atoms with E-state index >= 15 is 0 Å². The van der Waals surface area contributed by atoms with Crippen molar-refractivity contribution < 1.29 is 13.2 Å². The molecule has 0 unspecified atom stereocenters. The lowest BCUT2D eigenvalue weighted by molar-refractivity contribution is 0.0956. The number of amides is 1. The van der Waals surface area contributed by atoms with Crippen LogP contribution in [0.25, 0.3) is 0 Å². The van der Waals surface area contributed by atoms with Crippen LogP contribution in [0.5, 0.6) is 0 Å². The molecular weight excluding hydrogens is 336 g/mol. The highest BCUT2D eigenvalue weighted by Crippen LogP contribution is 2.15. The minimum atomic E-state index is -3.33. The summed E-state index contributed by atoms with van der Waals surface area (Å²) in [5, 5.41) is 2.49. The first kappa shape index (κ1) is 15.9. The van der Waals surface area contributed by atoms with E-state index in [1.807, 2.05) is 0 Å². The van der Waals surface area contributed by atoms with E-state index in [0.29, 0.717) is 4.47 Å². The molecule has 0 aromatic carbocycles. The molecule has 3 N–H and O–H groups in total. The number of nitrogen functional groups attached to an aromatic ring is 1. The van der Waals surface area contributed by atoms with E-state index in [0.717, 1.165) is 4.31 Å². The van der Waals surface area contributed by atoms with Gasteiger partial charge in [-0.15, -0.1) is 0 Å². The van der Waals surface area contributed by atoms with Crippen LogP contribution >= 0.6 is 15.9 Å². The highest BCUT2D eigenvalue weighted by Gasteiger charge is 2.15. The van der Waals surface area contributed by atoms with Gasteiger partial charge in [-0.3, -0.25) is 4.79 Å². The molecule has 0 fully saturated rings. The number of carbonyl (C=O) groups is 1. The maximum atomic E-state index is 11.8. The largest absolute Gasteiger partial charge is 0.383 e. The number of anilines is 1. The average molecular weight is 351 g/mol. The maximum absolute atomic E-state index is 11.8. The summed E-state index contributed by atoms with van der Waals surface area (Å²) in [7, 11) is -0.456. The summed E-state index contributed by atoms with van der Waals surface area (Å²) in [6, 6.07) is 1.53. The fourth-order valence-corrected chi connectivity index (χ4v) is 2.26. The fraction of sp³-hybridized carbons (Fsp3) is 0.400. The summed E-state index contributed by atoms with van der Waals surface area (Å²) >= 11 is 3.18. The van der Waals surface area contributed by atoms with Crippen LogP contribution < -0.4 is 11.1 Å². The molecule has 106 valence electrons. The number of hydrogen-bond acceptors (Lipinski definition) is 5. The Labute approximate surface area is 120 Å². The molecule has 0 saturated heterocycles. The van der Waals surface area contributed by atoms with Gasteiger partial charge < -0.3 is 11.1 Å². The zero-order valence-corrected chi connectivity index (χ0v) is 13.0. The molecule has 0 saturated carbocycles. The van der Waals surface area contributed by atoms with Crippen molar-refractivity contribution in [1.82, 2.24) is 14.6 Å². The van der Waals surface area contributed by atoms with Crippen molar-refractivity contribution in [1.29, 1.82) is 0 Å². The summed E-state index contributed by atoms with van der Waals surface area (Å²) in [6.07, 6.45) is 1.47. The molecule has 1 aromatic rings. The Morgan fingerprint density at radius 3 is 2.74 bits per heavy atom. The average Bonchev–Trinajstić information content (AvgIpc) is 2.31. The number of aromatic nitrogens is 1. The number of nitrogens with two attached hydrogens (primary N) is 1. The van der Waals surface area contributed by atoms with Gasteiger partial charge in [0.2, 0.25) is 10.0 Å². The van der Waals surface area contributed by atoms with Crippen LogP contribution in [0.15, 0.2) is 16.7 Å². The minimum Gasteiger partial charge on any atom is -0.383 e. The topological polar surface area (TPSA) is 105 Å². The summed E-state index contributed by atoms with van der Waals surface area (Å²) in [4.78, 5) is 15.6. The van der Waals surface area contributed by atoms with E-state index < -0.39 is 15.9 Å². The van der Waals surface area contributed by atoms with E-state index in [2.05, 4.69) is 26.2 Å². The second-order valence-corrected chi connectivity index (χ2v) is 7.16. The van der Waals surface area contributed by atoms with Crippen LogP contribution in [-0.2, 0) is 10.0 Å². The van der Waals surface area contributed by atoms with Crippen LogP contribution in [-0.4, -0.2) is 50.0 Å². The summed E-state index contributed by atoms with van der Waals surface area (Å²) in [5.74, 6) is -0.538. The normalized spacial score (nSPS) is 11.6. The van der Waals surface area contributed by atoms with Gasteiger partial charge in [-0.25, -0.2) is 17.7 Å². The standard InChI is InChI=1S/C10H15BrN4O3S/c1-15(2)19(17,18)4-3-13-10(16)8-5-7(11)6-14-9(8)12/h5-6H,3-4H2,1-2H3,(H2,12,14)(H,13,16). The molecule has 0 aliphatic rings. The third-order valence-corrected chi connectivity index (χ3v) is 4.60. The van der Waals surface area contributed by atoms with Gasteiger partial charge in [-0.1, -0.05) is 0 Å². The molecule has 7 nitrogen and oxygen atoms in total. The van der Waals surface area contributed by atoms with Crippen molar-refractivity contribution in [2.45, 2.75) is 0 Å². The highest BCUT2D eigenvalue weighted by molar-refractivity contribution is 9.10. The molecule has 9 heteroatoms. The van der Waals surface area contributed by atoms with Gasteiger partial charge in [0, 0.05) is 31.3 Å². The second-order valence-electron chi connectivity index (χ2n) is 3.94. The quantitative estimate of drug-likeness (QED) is 0.780. The van der Waals surface area contributed by atoms with Gasteiger partial charge in [0.25, 0.3) is 5.91 Å². The van der Waals surface area contributed by atoms with Crippen LogP contribution in [0.4, 0.5) is 5.82 Å². The first-order chi connectivity index (χ1) is 8.74. The van der Waals surface area contributed by atoms with Crippen molar-refractivity contribution in [2.75, 3.05) is 32.1 Å². The van der Waals surface area contributed by atoms with Crippen molar-refractivity contribution in [2.24, 2.45) is 0 Å². The number of rotatable bonds is 5. The molecule has 19 heavy (non-hydrogen) atoms. The number of carbonyl (C=O) groups excluding carboxylic acids is 1. The fourth-order valence-electron chi connectivity index (χ4n) is 1.20. The Morgan fingerprint density at radius 2 is 2.16 bits per heavy atom. The Hall–Kier alpha value is -1.19. The van der Waals surface area contributed by atoms with Gasteiger partial charge in [-0.2, -0.15) is 0 Å². The van der Waals surface area contributed by atoms with Crippen LogP contribution in [0.2, 0.25) is 0 Å². The zero-order valence-electron chi connectivity index (χ0n) is 10.6. The van der Waals surface area contributed by atoms with Crippen LogP contribution in [0.3, 0.4) is 0 Å². The SMILES string of the molecule is CN(C)S(=O)(=O)CCNC(=O)c1cc(Br)cnc1N. The lowest BCUT2D eigenvalue weighted by Gasteiger charge is -2.12. The van der Waals surface area contributed by atoms with Gasteiger partial charge in [0.05, 0.1) is 11.3 Å². The van der Waals surface area contributed by atoms with Crippen molar-refractivity contribution in [3.05, 3.63) is 22.3 Å². The lowest BCUT2D eigenvalue weighted by Crippen LogP contribution is -2.34. The smallest absolute Gasteiger partial charge is 0.255 e. The van der Waals surface area contributed by atoms with Crippen molar-refractivity contribution in [3.63, 3.8) is 0 Å². The number of halogens is 1. The summed E-state index contributed by atoms with van der Waals surface area (Å²) in [6.45, 7) is 0.00526. The molecule has 0 spiro atoms. The van der Waals surface area contributed by atoms with Gasteiger partial charge >= 0.3 is 0 Å². The van der Waals surface area contributed by atoms with Gasteiger partial charge in [-0.05, 0) is 22.0 Å². The van der Waals surface area contributed by atoms with Crippen LogP contribution in [0.1, 0.15) is 10.4 Å². The van der Waals surface area contributed by atoms with E-state index in [1.165, 1.54) is 26.4 Å². The monoisotopic (exact) mass is 350 g/mol. The number of nitrogens with one attached hydrogen (secondary N) is 1.